The van der Waals surface area contributed by atoms with Gasteiger partial charge in [0.15, 0.2) is 0 Å². The number of pyridine rings is 1. The van der Waals surface area contributed by atoms with Crippen LogP contribution in [0.25, 0.3) is 60.4 Å². The Morgan fingerprint density at radius 1 is 0.595 bits per heavy atom. The van der Waals surface area contributed by atoms with E-state index in [1.165, 1.54) is 5.39 Å². The second-order valence-electron chi connectivity index (χ2n) is 12.3. The quantitative estimate of drug-likeness (QED) is 0.165. The summed E-state index contributed by atoms with van der Waals surface area (Å²) in [6, 6.07) is 40.7. The zero-order valence-electron chi connectivity index (χ0n) is 24.3. The molecule has 0 aliphatic carbocycles. The fourth-order valence-electron chi connectivity index (χ4n) is 6.38. The lowest BCUT2D eigenvalue weighted by atomic mass is 9.76. The lowest BCUT2D eigenvalue weighted by Crippen LogP contribution is -2.41. The van der Waals surface area contributed by atoms with Crippen LogP contribution < -0.4 is 5.46 Å². The van der Waals surface area contributed by atoms with Gasteiger partial charge in [0.25, 0.3) is 0 Å². The lowest BCUT2D eigenvalue weighted by Gasteiger charge is -2.32. The molecule has 0 amide bonds. The number of hydrogen-bond donors (Lipinski definition) is 0. The number of fused-ring (bicyclic) bond motifs is 6. The third-order valence-corrected chi connectivity index (χ3v) is 9.21. The van der Waals surface area contributed by atoms with E-state index in [1.807, 2.05) is 0 Å². The molecule has 1 fully saturated rings. The highest BCUT2D eigenvalue weighted by molar-refractivity contribution is 6.66. The summed E-state index contributed by atoms with van der Waals surface area (Å²) in [5.41, 5.74) is 6.63. The Kier molecular flexibility index (Phi) is 5.43. The minimum Gasteiger partial charge on any atom is -0.399 e. The van der Waals surface area contributed by atoms with Crippen molar-refractivity contribution in [2.24, 2.45) is 0 Å². The molecule has 4 nitrogen and oxygen atoms in total. The zero-order chi connectivity index (χ0) is 28.6. The Bertz CT molecular complexity index is 2130. The minimum absolute atomic E-state index is 0.437. The van der Waals surface area contributed by atoms with Crippen LogP contribution in [0.5, 0.6) is 0 Å². The predicted molar refractivity (Wildman–Crippen MR) is 175 cm³/mol. The molecule has 0 radical (unpaired) electrons. The molecule has 5 heteroatoms. The van der Waals surface area contributed by atoms with E-state index in [4.69, 9.17) is 14.3 Å². The van der Waals surface area contributed by atoms with E-state index in [1.54, 1.807) is 0 Å². The highest BCUT2D eigenvalue weighted by atomic mass is 16.7. The standard InChI is InChI=1S/C37H31BN2O2/c1-36(2)37(3,4)42-38(41-36)30-19-13-21-32-34(30)29-22-28-27(23-33(29)40(32)25-16-9-6-10-17-25)26-18-11-12-20-31(26)39-35(28)24-14-7-5-8-15-24/h5-23H,1-4H3. The van der Waals surface area contributed by atoms with Gasteiger partial charge in [0, 0.05) is 32.8 Å². The Morgan fingerprint density at radius 2 is 1.26 bits per heavy atom. The fourth-order valence-corrected chi connectivity index (χ4v) is 6.38. The first-order valence-electron chi connectivity index (χ1n) is 14.6. The van der Waals surface area contributed by atoms with Gasteiger partial charge in [-0.25, -0.2) is 4.98 Å². The molecular formula is C37H31BN2O2. The molecule has 8 rings (SSSR count). The highest BCUT2D eigenvalue weighted by Gasteiger charge is 2.52. The van der Waals surface area contributed by atoms with Crippen molar-refractivity contribution in [2.75, 3.05) is 0 Å². The average molecular weight is 546 g/mol. The van der Waals surface area contributed by atoms with Crippen LogP contribution in [-0.4, -0.2) is 27.9 Å². The Hall–Kier alpha value is -4.45. The number of rotatable bonds is 3. The van der Waals surface area contributed by atoms with Gasteiger partial charge < -0.3 is 13.9 Å². The monoisotopic (exact) mass is 546 g/mol. The maximum Gasteiger partial charge on any atom is 0.495 e. The van der Waals surface area contributed by atoms with E-state index in [9.17, 15) is 0 Å². The molecule has 0 atom stereocenters. The molecule has 0 spiro atoms. The first-order valence-corrected chi connectivity index (χ1v) is 14.6. The normalized spacial score (nSPS) is 16.2. The topological polar surface area (TPSA) is 36.3 Å². The van der Waals surface area contributed by atoms with Crippen LogP contribution in [0, 0.1) is 0 Å². The van der Waals surface area contributed by atoms with Crippen molar-refractivity contribution in [2.45, 2.75) is 38.9 Å². The van der Waals surface area contributed by atoms with Crippen molar-refractivity contribution in [3.8, 4) is 16.9 Å². The van der Waals surface area contributed by atoms with Gasteiger partial charge in [-0.05, 0) is 74.9 Å². The van der Waals surface area contributed by atoms with Crippen LogP contribution in [0.2, 0.25) is 0 Å². The molecule has 5 aromatic carbocycles. The van der Waals surface area contributed by atoms with Gasteiger partial charge in [0.1, 0.15) is 0 Å². The van der Waals surface area contributed by atoms with Crippen molar-refractivity contribution in [3.63, 3.8) is 0 Å². The van der Waals surface area contributed by atoms with E-state index in [2.05, 4.69) is 148 Å². The van der Waals surface area contributed by atoms with E-state index in [-0.39, 0.29) is 0 Å². The SMILES string of the molecule is CC1(C)OB(c2cccc3c2c2cc4c(-c5ccccc5)nc5ccccc5c4cc2n3-c2ccccc2)OC1(C)C. The van der Waals surface area contributed by atoms with Gasteiger partial charge in [0.05, 0.1) is 33.4 Å². The minimum atomic E-state index is -0.479. The van der Waals surface area contributed by atoms with Gasteiger partial charge in [0.2, 0.25) is 0 Å². The van der Waals surface area contributed by atoms with Crippen LogP contribution in [0.15, 0.2) is 115 Å². The Balaban J connectivity index is 1.53. The van der Waals surface area contributed by atoms with Crippen molar-refractivity contribution >= 4 is 56.1 Å². The van der Waals surface area contributed by atoms with Crippen molar-refractivity contribution < 1.29 is 9.31 Å². The highest BCUT2D eigenvalue weighted by Crippen LogP contribution is 2.41. The zero-order valence-corrected chi connectivity index (χ0v) is 24.3. The first kappa shape index (κ1) is 25.3. The lowest BCUT2D eigenvalue weighted by molar-refractivity contribution is 0.00578. The van der Waals surface area contributed by atoms with Crippen molar-refractivity contribution in [1.29, 1.82) is 0 Å². The number of nitrogens with zero attached hydrogens (tertiary/aromatic N) is 2. The van der Waals surface area contributed by atoms with E-state index in [0.717, 1.165) is 60.5 Å². The van der Waals surface area contributed by atoms with E-state index >= 15 is 0 Å². The van der Waals surface area contributed by atoms with E-state index < -0.39 is 18.3 Å². The summed E-state index contributed by atoms with van der Waals surface area (Å²) >= 11 is 0. The molecule has 42 heavy (non-hydrogen) atoms. The molecule has 204 valence electrons. The molecule has 0 unspecified atom stereocenters. The van der Waals surface area contributed by atoms with Crippen LogP contribution in [0.3, 0.4) is 0 Å². The third-order valence-electron chi connectivity index (χ3n) is 9.21. The molecule has 1 saturated heterocycles. The smallest absolute Gasteiger partial charge is 0.399 e. The predicted octanol–water partition coefficient (Wildman–Crippen LogP) is 8.45. The summed E-state index contributed by atoms with van der Waals surface area (Å²) in [6.07, 6.45) is 0. The maximum absolute atomic E-state index is 6.62. The number of para-hydroxylation sites is 2. The molecule has 0 saturated carbocycles. The largest absolute Gasteiger partial charge is 0.495 e. The van der Waals surface area contributed by atoms with E-state index in [0.29, 0.717) is 0 Å². The summed E-state index contributed by atoms with van der Waals surface area (Å²) in [7, 11) is -0.479. The molecule has 1 aliphatic heterocycles. The van der Waals surface area contributed by atoms with Gasteiger partial charge >= 0.3 is 7.12 Å². The first-order chi connectivity index (χ1) is 20.3. The molecule has 0 N–H and O–H groups in total. The summed E-state index contributed by atoms with van der Waals surface area (Å²) in [5, 5.41) is 5.75. The van der Waals surface area contributed by atoms with Crippen LogP contribution >= 0.6 is 0 Å². The van der Waals surface area contributed by atoms with Crippen LogP contribution in [0.1, 0.15) is 27.7 Å². The number of benzene rings is 5. The second-order valence-corrected chi connectivity index (χ2v) is 12.3. The Morgan fingerprint density at radius 3 is 2.00 bits per heavy atom. The molecule has 7 aromatic rings. The van der Waals surface area contributed by atoms with Crippen molar-refractivity contribution in [3.05, 3.63) is 115 Å². The molecule has 2 aromatic heterocycles. The van der Waals surface area contributed by atoms with Gasteiger partial charge in [-0.15, -0.1) is 0 Å². The number of aromatic nitrogens is 2. The summed E-state index contributed by atoms with van der Waals surface area (Å²) in [5.74, 6) is 0. The van der Waals surface area contributed by atoms with Gasteiger partial charge in [-0.2, -0.15) is 0 Å². The summed E-state index contributed by atoms with van der Waals surface area (Å²) < 4.78 is 15.6. The summed E-state index contributed by atoms with van der Waals surface area (Å²) in [4.78, 5) is 5.21. The second kappa shape index (κ2) is 9.03. The molecule has 3 heterocycles. The molecule has 0 bridgehead atoms. The fraction of sp³-hybridized carbons (Fsp3) is 0.162. The average Bonchev–Trinajstić information content (AvgIpc) is 3.45. The maximum atomic E-state index is 6.62. The van der Waals surface area contributed by atoms with Gasteiger partial charge in [-0.1, -0.05) is 78.9 Å². The number of hydrogen-bond acceptors (Lipinski definition) is 3. The van der Waals surface area contributed by atoms with Crippen LogP contribution in [-0.2, 0) is 9.31 Å². The summed E-state index contributed by atoms with van der Waals surface area (Å²) in [6.45, 7) is 8.43. The Labute approximate surface area is 245 Å². The molecular weight excluding hydrogens is 515 g/mol. The molecule has 1 aliphatic rings. The third kappa shape index (κ3) is 3.67. The van der Waals surface area contributed by atoms with Gasteiger partial charge in [-0.3, -0.25) is 0 Å². The van der Waals surface area contributed by atoms with Crippen molar-refractivity contribution in [1.82, 2.24) is 9.55 Å². The van der Waals surface area contributed by atoms with Crippen LogP contribution in [0.4, 0.5) is 0 Å².